The van der Waals surface area contributed by atoms with E-state index in [4.69, 9.17) is 5.73 Å². The molecule has 3 heterocycles. The van der Waals surface area contributed by atoms with Crippen LogP contribution in [0.3, 0.4) is 0 Å². The maximum absolute atomic E-state index is 11.8. The Morgan fingerprint density at radius 2 is 2.00 bits per heavy atom. The van der Waals surface area contributed by atoms with Gasteiger partial charge < -0.3 is 16.0 Å². The lowest BCUT2D eigenvalue weighted by molar-refractivity contribution is -0.126. The Balaban J connectivity index is 1.50. The Kier molecular flexibility index (Phi) is 5.74. The van der Waals surface area contributed by atoms with E-state index in [1.54, 1.807) is 6.20 Å². The maximum atomic E-state index is 11.8. The van der Waals surface area contributed by atoms with Gasteiger partial charge in [0.1, 0.15) is 18.0 Å². The molecule has 0 unspecified atom stereocenters. The highest BCUT2D eigenvalue weighted by Gasteiger charge is 2.23. The van der Waals surface area contributed by atoms with Crippen LogP contribution in [0.5, 0.6) is 0 Å². The molecule has 30 heavy (non-hydrogen) atoms. The average molecular weight is 403 g/mol. The molecule has 4 rings (SSSR count). The van der Waals surface area contributed by atoms with E-state index < -0.39 is 0 Å². The first kappa shape index (κ1) is 19.6. The summed E-state index contributed by atoms with van der Waals surface area (Å²) in [6.45, 7) is 5.61. The largest absolute Gasteiger partial charge is 0.383 e. The van der Waals surface area contributed by atoms with Gasteiger partial charge in [0, 0.05) is 30.9 Å². The van der Waals surface area contributed by atoms with Gasteiger partial charge in [0.15, 0.2) is 0 Å². The van der Waals surface area contributed by atoms with Crippen molar-refractivity contribution in [1.29, 1.82) is 0 Å². The first-order valence-electron chi connectivity index (χ1n) is 9.99. The van der Waals surface area contributed by atoms with Crippen molar-refractivity contribution in [2.24, 2.45) is 0 Å². The maximum Gasteiger partial charge on any atom is 0.245 e. The van der Waals surface area contributed by atoms with E-state index in [0.717, 1.165) is 24.0 Å². The van der Waals surface area contributed by atoms with Crippen LogP contribution in [-0.4, -0.2) is 49.7 Å². The van der Waals surface area contributed by atoms with Crippen LogP contribution in [0, 0.1) is 0 Å². The number of anilines is 2. The number of nitrogens with two attached hydrogens (primary N) is 1. The first-order chi connectivity index (χ1) is 14.6. The van der Waals surface area contributed by atoms with Crippen LogP contribution < -0.4 is 11.1 Å². The number of nitrogens with zero attached hydrogens (tertiary/aromatic N) is 5. The number of benzene rings is 1. The van der Waals surface area contributed by atoms with Crippen LogP contribution in [0.2, 0.25) is 0 Å². The fraction of sp³-hybridized carbons (Fsp3) is 0.273. The fourth-order valence-corrected chi connectivity index (χ4v) is 3.71. The van der Waals surface area contributed by atoms with Gasteiger partial charge >= 0.3 is 0 Å². The van der Waals surface area contributed by atoms with Gasteiger partial charge in [0.05, 0.1) is 18.3 Å². The molecular weight excluding hydrogens is 378 g/mol. The molecule has 0 bridgehead atoms. The molecule has 1 aliphatic rings. The summed E-state index contributed by atoms with van der Waals surface area (Å²) in [4.78, 5) is 22.2. The van der Waals surface area contributed by atoms with E-state index in [2.05, 4.69) is 39.1 Å². The molecule has 0 saturated carbocycles. The molecule has 2 aromatic heterocycles. The first-order valence-corrected chi connectivity index (χ1v) is 9.99. The molecule has 8 heteroatoms. The molecule has 1 amide bonds. The number of piperidine rings is 1. The zero-order valence-corrected chi connectivity index (χ0v) is 16.7. The van der Waals surface area contributed by atoms with Crippen molar-refractivity contribution in [3.8, 4) is 11.1 Å². The molecule has 1 aliphatic heterocycles. The highest BCUT2D eigenvalue weighted by atomic mass is 16.2. The predicted molar refractivity (Wildman–Crippen MR) is 117 cm³/mol. The molecule has 1 aromatic carbocycles. The Morgan fingerprint density at radius 1 is 1.23 bits per heavy atom. The van der Waals surface area contributed by atoms with Gasteiger partial charge in [0.2, 0.25) is 5.91 Å². The average Bonchev–Trinajstić information content (AvgIpc) is 3.22. The second-order valence-electron chi connectivity index (χ2n) is 7.34. The molecule has 0 aliphatic carbocycles. The highest BCUT2D eigenvalue weighted by Crippen LogP contribution is 2.31. The minimum absolute atomic E-state index is 0.0220. The Morgan fingerprint density at radius 3 is 2.73 bits per heavy atom. The third kappa shape index (κ3) is 4.32. The monoisotopic (exact) mass is 403 g/mol. The molecule has 0 radical (unpaired) electrons. The number of nitrogen functional groups attached to an aromatic ring is 1. The second kappa shape index (κ2) is 8.77. The molecule has 0 atom stereocenters. The summed E-state index contributed by atoms with van der Waals surface area (Å²) in [7, 11) is 0. The van der Waals surface area contributed by atoms with E-state index in [9.17, 15) is 4.79 Å². The number of aromatic nitrogens is 4. The van der Waals surface area contributed by atoms with Crippen molar-refractivity contribution >= 4 is 17.5 Å². The van der Waals surface area contributed by atoms with Gasteiger partial charge in [-0.1, -0.05) is 36.9 Å². The second-order valence-corrected chi connectivity index (χ2v) is 7.34. The van der Waals surface area contributed by atoms with E-state index in [0.29, 0.717) is 31.3 Å². The summed E-state index contributed by atoms with van der Waals surface area (Å²) in [5, 5.41) is 7.97. The lowest BCUT2D eigenvalue weighted by Gasteiger charge is -2.32. The number of hydrogen-bond donors (Lipinski definition) is 2. The van der Waals surface area contributed by atoms with Crippen LogP contribution in [0.1, 0.15) is 18.4 Å². The number of nitrogens with one attached hydrogen (secondary N) is 1. The predicted octanol–water partition coefficient (Wildman–Crippen LogP) is 2.56. The van der Waals surface area contributed by atoms with Crippen molar-refractivity contribution < 1.29 is 4.79 Å². The van der Waals surface area contributed by atoms with Gasteiger partial charge in [-0.3, -0.25) is 9.48 Å². The summed E-state index contributed by atoms with van der Waals surface area (Å²) < 4.78 is 1.88. The molecule has 1 fully saturated rings. The molecule has 1 saturated heterocycles. The standard InChI is InChI=1S/C22H25N7O/c1-2-19(30)28-10-8-18(9-11-28)27-22-20(21(23)24-15-25-22)17-12-26-29(14-17)13-16-6-4-3-5-7-16/h2-7,12,14-15,18H,1,8-11,13H2,(H3,23,24,25,27). The van der Waals surface area contributed by atoms with E-state index in [1.807, 2.05) is 34.0 Å². The number of likely N-dealkylation sites (tertiary alicyclic amines) is 1. The van der Waals surface area contributed by atoms with E-state index in [-0.39, 0.29) is 11.9 Å². The van der Waals surface area contributed by atoms with Gasteiger partial charge in [-0.15, -0.1) is 0 Å². The summed E-state index contributed by atoms with van der Waals surface area (Å²) in [5.41, 5.74) is 9.00. The number of rotatable bonds is 6. The van der Waals surface area contributed by atoms with Crippen LogP contribution >= 0.6 is 0 Å². The van der Waals surface area contributed by atoms with Crippen molar-refractivity contribution in [3.63, 3.8) is 0 Å². The van der Waals surface area contributed by atoms with E-state index >= 15 is 0 Å². The van der Waals surface area contributed by atoms with Crippen molar-refractivity contribution in [3.05, 3.63) is 67.3 Å². The normalized spacial score (nSPS) is 14.5. The van der Waals surface area contributed by atoms with Gasteiger partial charge in [0.25, 0.3) is 0 Å². The van der Waals surface area contributed by atoms with Crippen molar-refractivity contribution in [2.75, 3.05) is 24.1 Å². The van der Waals surface area contributed by atoms with Crippen molar-refractivity contribution in [1.82, 2.24) is 24.6 Å². The van der Waals surface area contributed by atoms with Crippen LogP contribution in [0.25, 0.3) is 11.1 Å². The molecular formula is C22H25N7O. The van der Waals surface area contributed by atoms with E-state index in [1.165, 1.54) is 18.0 Å². The third-order valence-electron chi connectivity index (χ3n) is 5.31. The molecule has 3 N–H and O–H groups in total. The Bertz CT molecular complexity index is 1020. The van der Waals surface area contributed by atoms with Crippen LogP contribution in [0.15, 0.2) is 61.7 Å². The van der Waals surface area contributed by atoms with Crippen LogP contribution in [0.4, 0.5) is 11.6 Å². The number of amides is 1. The molecule has 3 aromatic rings. The summed E-state index contributed by atoms with van der Waals surface area (Å²) in [6, 6.07) is 10.4. The Labute approximate surface area is 175 Å². The number of carbonyl (C=O) groups excluding carboxylic acids is 1. The smallest absolute Gasteiger partial charge is 0.245 e. The zero-order valence-electron chi connectivity index (χ0n) is 16.7. The highest BCUT2D eigenvalue weighted by molar-refractivity contribution is 5.87. The minimum atomic E-state index is -0.0220. The summed E-state index contributed by atoms with van der Waals surface area (Å²) >= 11 is 0. The lowest BCUT2D eigenvalue weighted by atomic mass is 10.0. The lowest BCUT2D eigenvalue weighted by Crippen LogP contribution is -2.41. The fourth-order valence-electron chi connectivity index (χ4n) is 3.71. The van der Waals surface area contributed by atoms with Gasteiger partial charge in [-0.05, 0) is 24.5 Å². The molecule has 154 valence electrons. The van der Waals surface area contributed by atoms with Crippen LogP contribution in [-0.2, 0) is 11.3 Å². The third-order valence-corrected chi connectivity index (χ3v) is 5.31. The molecule has 8 nitrogen and oxygen atoms in total. The topological polar surface area (TPSA) is 102 Å². The van der Waals surface area contributed by atoms with Gasteiger partial charge in [-0.2, -0.15) is 5.10 Å². The van der Waals surface area contributed by atoms with Crippen molar-refractivity contribution in [2.45, 2.75) is 25.4 Å². The number of hydrogen-bond acceptors (Lipinski definition) is 6. The van der Waals surface area contributed by atoms with Gasteiger partial charge in [-0.25, -0.2) is 9.97 Å². The summed E-state index contributed by atoms with van der Waals surface area (Å²) in [5.74, 6) is 1.08. The number of carbonyl (C=O) groups is 1. The minimum Gasteiger partial charge on any atom is -0.383 e. The Hall–Kier alpha value is -3.68. The quantitative estimate of drug-likeness (QED) is 0.614. The SMILES string of the molecule is C=CC(=O)N1CCC(Nc2ncnc(N)c2-c2cnn(Cc3ccccc3)c2)CC1. The zero-order chi connectivity index (χ0) is 20.9. The molecule has 0 spiro atoms. The summed E-state index contributed by atoms with van der Waals surface area (Å²) in [6.07, 6.45) is 8.23.